The third kappa shape index (κ3) is 2.77. The predicted molar refractivity (Wildman–Crippen MR) is 68.7 cm³/mol. The van der Waals surface area contributed by atoms with Gasteiger partial charge in [0.1, 0.15) is 4.88 Å². The zero-order valence-electron chi connectivity index (χ0n) is 9.86. The molecule has 0 N–H and O–H groups in total. The van der Waals surface area contributed by atoms with E-state index in [9.17, 15) is 4.79 Å². The third-order valence-corrected chi connectivity index (χ3v) is 4.24. The Labute approximate surface area is 110 Å². The lowest BCUT2D eigenvalue weighted by molar-refractivity contribution is 0.0734. The SMILES string of the molecule is Cc1nnsc1C(=O)N1CCCC1CCCCl. The van der Waals surface area contributed by atoms with Crippen molar-refractivity contribution in [2.24, 2.45) is 0 Å². The first-order chi connectivity index (χ1) is 8.24. The minimum Gasteiger partial charge on any atom is -0.335 e. The van der Waals surface area contributed by atoms with Crippen molar-refractivity contribution in [1.82, 2.24) is 14.5 Å². The van der Waals surface area contributed by atoms with Crippen molar-refractivity contribution in [2.45, 2.75) is 38.6 Å². The average Bonchev–Trinajstić information content (AvgIpc) is 2.94. The number of carbonyl (C=O) groups excluding carboxylic acids is 1. The van der Waals surface area contributed by atoms with Gasteiger partial charge in [-0.3, -0.25) is 4.79 Å². The number of hydrogen-bond donors (Lipinski definition) is 0. The number of aromatic nitrogens is 2. The van der Waals surface area contributed by atoms with Crippen LogP contribution in [0.2, 0.25) is 0 Å². The lowest BCUT2D eigenvalue weighted by atomic mass is 10.1. The fourth-order valence-electron chi connectivity index (χ4n) is 2.27. The predicted octanol–water partition coefficient (Wildman–Crippen LogP) is 2.47. The van der Waals surface area contributed by atoms with Gasteiger partial charge in [0.2, 0.25) is 0 Å². The molecule has 1 saturated heterocycles. The third-order valence-electron chi connectivity index (χ3n) is 3.15. The molecule has 4 nitrogen and oxygen atoms in total. The zero-order valence-corrected chi connectivity index (χ0v) is 11.4. The average molecular weight is 274 g/mol. The smallest absolute Gasteiger partial charge is 0.267 e. The minimum absolute atomic E-state index is 0.0922. The molecule has 0 aliphatic carbocycles. The summed E-state index contributed by atoms with van der Waals surface area (Å²) >= 11 is 6.90. The van der Waals surface area contributed by atoms with Crippen LogP contribution in [0.25, 0.3) is 0 Å². The van der Waals surface area contributed by atoms with Crippen LogP contribution in [0, 0.1) is 6.92 Å². The summed E-state index contributed by atoms with van der Waals surface area (Å²) < 4.78 is 3.82. The lowest BCUT2D eigenvalue weighted by Gasteiger charge is -2.23. The molecule has 0 spiro atoms. The van der Waals surface area contributed by atoms with Crippen molar-refractivity contribution >= 4 is 29.0 Å². The quantitative estimate of drug-likeness (QED) is 0.792. The van der Waals surface area contributed by atoms with Crippen LogP contribution >= 0.6 is 23.1 Å². The van der Waals surface area contributed by atoms with E-state index < -0.39 is 0 Å². The Balaban J connectivity index is 2.06. The van der Waals surface area contributed by atoms with Gasteiger partial charge in [-0.1, -0.05) is 4.49 Å². The maximum Gasteiger partial charge on any atom is 0.267 e. The summed E-state index contributed by atoms with van der Waals surface area (Å²) in [5.74, 6) is 0.759. The molecule has 0 aromatic carbocycles. The van der Waals surface area contributed by atoms with Crippen molar-refractivity contribution in [1.29, 1.82) is 0 Å². The van der Waals surface area contributed by atoms with Crippen LogP contribution in [0.15, 0.2) is 0 Å². The number of amides is 1. The summed E-state index contributed by atoms with van der Waals surface area (Å²) in [6.07, 6.45) is 4.15. The molecule has 1 aliphatic heterocycles. The number of likely N-dealkylation sites (tertiary alicyclic amines) is 1. The van der Waals surface area contributed by atoms with E-state index in [0.717, 1.165) is 37.9 Å². The highest BCUT2D eigenvalue weighted by Crippen LogP contribution is 2.25. The normalized spacial score (nSPS) is 19.9. The number of alkyl halides is 1. The molecular formula is C11H16ClN3OS. The molecule has 1 amide bonds. The summed E-state index contributed by atoms with van der Waals surface area (Å²) in [4.78, 5) is 15.0. The van der Waals surface area contributed by atoms with Crippen LogP contribution in [-0.4, -0.2) is 38.9 Å². The summed E-state index contributed by atoms with van der Waals surface area (Å²) in [6, 6.07) is 0.350. The number of halogens is 1. The summed E-state index contributed by atoms with van der Waals surface area (Å²) in [5, 5.41) is 3.90. The standard InChI is InChI=1S/C11H16ClN3OS/c1-8-10(17-14-13-8)11(16)15-7-3-5-9(15)4-2-6-12/h9H,2-7H2,1H3. The van der Waals surface area contributed by atoms with E-state index in [1.165, 1.54) is 11.5 Å². The topological polar surface area (TPSA) is 46.1 Å². The van der Waals surface area contributed by atoms with Gasteiger partial charge in [-0.2, -0.15) is 0 Å². The first kappa shape index (κ1) is 12.8. The molecule has 94 valence electrons. The Morgan fingerprint density at radius 3 is 3.12 bits per heavy atom. The van der Waals surface area contributed by atoms with Gasteiger partial charge in [0.15, 0.2) is 0 Å². The highest BCUT2D eigenvalue weighted by atomic mass is 35.5. The Hall–Kier alpha value is -0.680. The number of carbonyl (C=O) groups is 1. The van der Waals surface area contributed by atoms with Crippen LogP contribution in [0.5, 0.6) is 0 Å². The molecule has 0 saturated carbocycles. The monoisotopic (exact) mass is 273 g/mol. The maximum absolute atomic E-state index is 12.3. The van der Waals surface area contributed by atoms with E-state index in [0.29, 0.717) is 16.8 Å². The minimum atomic E-state index is 0.0922. The van der Waals surface area contributed by atoms with Crippen molar-refractivity contribution in [3.8, 4) is 0 Å². The first-order valence-electron chi connectivity index (χ1n) is 5.90. The van der Waals surface area contributed by atoms with Crippen LogP contribution in [0.1, 0.15) is 41.0 Å². The van der Waals surface area contributed by atoms with Crippen molar-refractivity contribution in [3.63, 3.8) is 0 Å². The van der Waals surface area contributed by atoms with Crippen LogP contribution in [-0.2, 0) is 0 Å². The van der Waals surface area contributed by atoms with E-state index in [4.69, 9.17) is 11.6 Å². The molecule has 6 heteroatoms. The van der Waals surface area contributed by atoms with Crippen molar-refractivity contribution < 1.29 is 4.79 Å². The molecule has 1 atom stereocenters. The van der Waals surface area contributed by atoms with Crippen LogP contribution in [0.3, 0.4) is 0 Å². The Morgan fingerprint density at radius 1 is 1.65 bits per heavy atom. The molecular weight excluding hydrogens is 258 g/mol. The van der Waals surface area contributed by atoms with Crippen LogP contribution < -0.4 is 0 Å². The molecule has 2 heterocycles. The van der Waals surface area contributed by atoms with E-state index in [2.05, 4.69) is 9.59 Å². The van der Waals surface area contributed by atoms with Gasteiger partial charge in [0.05, 0.1) is 5.69 Å². The molecule has 1 aromatic rings. The zero-order chi connectivity index (χ0) is 12.3. The molecule has 2 rings (SSSR count). The molecule has 1 fully saturated rings. The van der Waals surface area contributed by atoms with Gasteiger partial charge in [-0.25, -0.2) is 0 Å². The second-order valence-corrected chi connectivity index (χ2v) is 5.45. The number of aryl methyl sites for hydroxylation is 1. The molecule has 17 heavy (non-hydrogen) atoms. The van der Waals surface area contributed by atoms with Crippen LogP contribution in [0.4, 0.5) is 0 Å². The Kier molecular flexibility index (Phi) is 4.34. The van der Waals surface area contributed by atoms with Gasteiger partial charge < -0.3 is 4.90 Å². The second-order valence-electron chi connectivity index (χ2n) is 4.31. The molecule has 0 bridgehead atoms. The van der Waals surface area contributed by atoms with E-state index in [-0.39, 0.29) is 5.91 Å². The van der Waals surface area contributed by atoms with E-state index in [1.807, 2.05) is 11.8 Å². The number of nitrogens with zero attached hydrogens (tertiary/aromatic N) is 3. The largest absolute Gasteiger partial charge is 0.335 e. The fourth-order valence-corrected chi connectivity index (χ4v) is 3.04. The Bertz CT molecular complexity index is 396. The highest BCUT2D eigenvalue weighted by molar-refractivity contribution is 7.07. The van der Waals surface area contributed by atoms with Crippen molar-refractivity contribution in [3.05, 3.63) is 10.6 Å². The summed E-state index contributed by atoms with van der Waals surface area (Å²) in [6.45, 7) is 2.68. The molecule has 1 unspecified atom stereocenters. The van der Waals surface area contributed by atoms with E-state index >= 15 is 0 Å². The fraction of sp³-hybridized carbons (Fsp3) is 0.727. The second kappa shape index (κ2) is 5.78. The van der Waals surface area contributed by atoms with Gasteiger partial charge >= 0.3 is 0 Å². The molecule has 1 aliphatic rings. The van der Waals surface area contributed by atoms with Crippen molar-refractivity contribution in [2.75, 3.05) is 12.4 Å². The van der Waals surface area contributed by atoms with Gasteiger partial charge in [-0.05, 0) is 44.1 Å². The first-order valence-corrected chi connectivity index (χ1v) is 7.20. The Morgan fingerprint density at radius 2 is 2.47 bits per heavy atom. The van der Waals surface area contributed by atoms with Gasteiger partial charge in [0.25, 0.3) is 5.91 Å². The van der Waals surface area contributed by atoms with E-state index in [1.54, 1.807) is 0 Å². The van der Waals surface area contributed by atoms with Gasteiger partial charge in [-0.15, -0.1) is 16.7 Å². The maximum atomic E-state index is 12.3. The molecule has 1 aromatic heterocycles. The van der Waals surface area contributed by atoms with Gasteiger partial charge in [0, 0.05) is 18.5 Å². The summed E-state index contributed by atoms with van der Waals surface area (Å²) in [7, 11) is 0. The highest BCUT2D eigenvalue weighted by Gasteiger charge is 2.30. The lowest BCUT2D eigenvalue weighted by Crippen LogP contribution is -2.35. The summed E-state index contributed by atoms with van der Waals surface area (Å²) in [5.41, 5.74) is 0.739. The number of rotatable bonds is 4. The molecule has 0 radical (unpaired) electrons. The number of hydrogen-bond acceptors (Lipinski definition) is 4.